The summed E-state index contributed by atoms with van der Waals surface area (Å²) >= 11 is 0. The average Bonchev–Trinajstić information content (AvgIpc) is 2.29. The van der Waals surface area contributed by atoms with Crippen molar-refractivity contribution in [1.82, 2.24) is 0 Å². The van der Waals surface area contributed by atoms with Gasteiger partial charge in [0.1, 0.15) is 5.75 Å². The highest BCUT2D eigenvalue weighted by Gasteiger charge is 2.13. The van der Waals surface area contributed by atoms with E-state index in [1.165, 1.54) is 0 Å². The highest BCUT2D eigenvalue weighted by molar-refractivity contribution is 6.58. The summed E-state index contributed by atoms with van der Waals surface area (Å²) in [5, 5.41) is 18.1. The van der Waals surface area contributed by atoms with Crippen LogP contribution < -0.4 is 10.2 Å². The van der Waals surface area contributed by atoms with Crippen LogP contribution in [0.1, 0.15) is 18.9 Å². The number of methoxy groups -OCH3 is 1. The molecule has 0 saturated carbocycles. The second kappa shape index (κ2) is 6.53. The molecule has 0 fully saturated rings. The predicted octanol–water partition coefficient (Wildman–Crippen LogP) is 0.302. The second-order valence-corrected chi connectivity index (χ2v) is 3.50. The minimum atomic E-state index is -1.46. The van der Waals surface area contributed by atoms with Gasteiger partial charge in [0.15, 0.2) is 0 Å². The Balaban J connectivity index is 2.80. The van der Waals surface area contributed by atoms with Gasteiger partial charge < -0.3 is 19.5 Å². The molecule has 0 bridgehead atoms. The number of benzene rings is 1. The first-order chi connectivity index (χ1) is 7.69. The van der Waals surface area contributed by atoms with Crippen molar-refractivity contribution < 1.29 is 19.5 Å². The molecule has 0 amide bonds. The summed E-state index contributed by atoms with van der Waals surface area (Å²) in [5.41, 5.74) is 1.26. The van der Waals surface area contributed by atoms with Crippen molar-refractivity contribution in [2.75, 3.05) is 13.7 Å². The standard InChI is InChI=1S/C11H17BO4/c1-3-6-16-8-9-7-10(12(13)14)4-5-11(9)15-2/h4-5,7,13-14H,3,6,8H2,1-2H3. The normalized spacial score (nSPS) is 10.2. The fraction of sp³-hybridized carbons (Fsp3) is 0.455. The number of hydrogen-bond acceptors (Lipinski definition) is 4. The Morgan fingerprint density at radius 3 is 2.62 bits per heavy atom. The zero-order valence-electron chi connectivity index (χ0n) is 9.64. The first-order valence-electron chi connectivity index (χ1n) is 5.29. The van der Waals surface area contributed by atoms with Gasteiger partial charge in [-0.3, -0.25) is 0 Å². The minimum absolute atomic E-state index is 0.414. The third-order valence-corrected chi connectivity index (χ3v) is 2.21. The summed E-state index contributed by atoms with van der Waals surface area (Å²) in [7, 11) is 0.115. The van der Waals surface area contributed by atoms with Crippen LogP contribution in [0.25, 0.3) is 0 Å². The molecular weight excluding hydrogens is 207 g/mol. The molecule has 0 heterocycles. The highest BCUT2D eigenvalue weighted by Crippen LogP contribution is 2.17. The summed E-state index contributed by atoms with van der Waals surface area (Å²) in [6.45, 7) is 3.12. The summed E-state index contributed by atoms with van der Waals surface area (Å²) in [4.78, 5) is 0. The largest absolute Gasteiger partial charge is 0.496 e. The lowest BCUT2D eigenvalue weighted by atomic mass is 9.79. The lowest BCUT2D eigenvalue weighted by molar-refractivity contribution is 0.119. The molecule has 0 radical (unpaired) electrons. The lowest BCUT2D eigenvalue weighted by Crippen LogP contribution is -2.30. The van der Waals surface area contributed by atoms with Gasteiger partial charge in [-0.05, 0) is 17.9 Å². The Labute approximate surface area is 96.0 Å². The van der Waals surface area contributed by atoms with Crippen LogP contribution in [0.4, 0.5) is 0 Å². The van der Waals surface area contributed by atoms with Gasteiger partial charge in [0.25, 0.3) is 0 Å². The van der Waals surface area contributed by atoms with Crippen molar-refractivity contribution >= 4 is 12.6 Å². The molecule has 2 N–H and O–H groups in total. The van der Waals surface area contributed by atoms with E-state index in [1.807, 2.05) is 6.92 Å². The third-order valence-electron chi connectivity index (χ3n) is 2.21. The molecule has 0 spiro atoms. The minimum Gasteiger partial charge on any atom is -0.496 e. The molecule has 4 nitrogen and oxygen atoms in total. The van der Waals surface area contributed by atoms with Gasteiger partial charge >= 0.3 is 7.12 Å². The third kappa shape index (κ3) is 3.52. The van der Waals surface area contributed by atoms with Gasteiger partial charge in [-0.25, -0.2) is 0 Å². The van der Waals surface area contributed by atoms with Gasteiger partial charge in [-0.1, -0.05) is 19.1 Å². The van der Waals surface area contributed by atoms with Crippen LogP contribution in [-0.2, 0) is 11.3 Å². The molecule has 0 aliphatic rings. The number of ether oxygens (including phenoxy) is 2. The van der Waals surface area contributed by atoms with Crippen molar-refractivity contribution in [1.29, 1.82) is 0 Å². The topological polar surface area (TPSA) is 58.9 Å². The van der Waals surface area contributed by atoms with Crippen molar-refractivity contribution in [3.8, 4) is 5.75 Å². The molecule has 0 aromatic heterocycles. The first kappa shape index (κ1) is 13.0. The van der Waals surface area contributed by atoms with E-state index in [0.29, 0.717) is 24.4 Å². The molecule has 1 aromatic rings. The van der Waals surface area contributed by atoms with Gasteiger partial charge in [-0.15, -0.1) is 0 Å². The van der Waals surface area contributed by atoms with Gasteiger partial charge in [0.05, 0.1) is 13.7 Å². The van der Waals surface area contributed by atoms with Gasteiger partial charge in [0, 0.05) is 12.2 Å². The molecule has 0 unspecified atom stereocenters. The average molecular weight is 224 g/mol. The van der Waals surface area contributed by atoms with E-state index >= 15 is 0 Å². The summed E-state index contributed by atoms with van der Waals surface area (Å²) in [6, 6.07) is 5.01. The fourth-order valence-corrected chi connectivity index (χ4v) is 1.40. The Morgan fingerprint density at radius 2 is 2.06 bits per heavy atom. The predicted molar refractivity (Wildman–Crippen MR) is 62.8 cm³/mol. The van der Waals surface area contributed by atoms with Crippen LogP contribution in [0.5, 0.6) is 5.75 Å². The fourth-order valence-electron chi connectivity index (χ4n) is 1.40. The zero-order valence-corrected chi connectivity index (χ0v) is 9.64. The summed E-state index contributed by atoms with van der Waals surface area (Å²) in [6.07, 6.45) is 0.949. The molecular formula is C11H17BO4. The molecule has 5 heteroatoms. The molecule has 1 aromatic carbocycles. The van der Waals surface area contributed by atoms with Crippen LogP contribution in [0.2, 0.25) is 0 Å². The molecule has 88 valence electrons. The van der Waals surface area contributed by atoms with E-state index in [2.05, 4.69) is 0 Å². The monoisotopic (exact) mass is 224 g/mol. The van der Waals surface area contributed by atoms with E-state index in [-0.39, 0.29) is 0 Å². The highest BCUT2D eigenvalue weighted by atomic mass is 16.5. The van der Waals surface area contributed by atoms with Gasteiger partial charge in [-0.2, -0.15) is 0 Å². The van der Waals surface area contributed by atoms with E-state index in [1.54, 1.807) is 25.3 Å². The number of hydrogen-bond donors (Lipinski definition) is 2. The SMILES string of the molecule is CCCOCc1cc(B(O)O)ccc1OC. The Kier molecular flexibility index (Phi) is 5.32. The van der Waals surface area contributed by atoms with E-state index in [0.717, 1.165) is 12.0 Å². The van der Waals surface area contributed by atoms with Crippen LogP contribution in [-0.4, -0.2) is 30.9 Å². The molecule has 0 saturated heterocycles. The van der Waals surface area contributed by atoms with Crippen molar-refractivity contribution in [3.63, 3.8) is 0 Å². The van der Waals surface area contributed by atoms with E-state index in [9.17, 15) is 0 Å². The maximum absolute atomic E-state index is 9.06. The Hall–Kier alpha value is -1.04. The smallest absolute Gasteiger partial charge is 0.488 e. The Bertz CT molecular complexity index is 328. The van der Waals surface area contributed by atoms with Crippen molar-refractivity contribution in [3.05, 3.63) is 23.8 Å². The maximum atomic E-state index is 9.06. The van der Waals surface area contributed by atoms with E-state index in [4.69, 9.17) is 19.5 Å². The molecule has 0 atom stereocenters. The molecule has 0 aliphatic carbocycles. The van der Waals surface area contributed by atoms with Crippen molar-refractivity contribution in [2.24, 2.45) is 0 Å². The van der Waals surface area contributed by atoms with E-state index < -0.39 is 7.12 Å². The van der Waals surface area contributed by atoms with Crippen LogP contribution in [0.15, 0.2) is 18.2 Å². The molecule has 0 aliphatic heterocycles. The quantitative estimate of drug-likeness (QED) is 0.539. The first-order valence-corrected chi connectivity index (χ1v) is 5.29. The van der Waals surface area contributed by atoms with Crippen molar-refractivity contribution in [2.45, 2.75) is 20.0 Å². The van der Waals surface area contributed by atoms with Crippen LogP contribution in [0, 0.1) is 0 Å². The number of rotatable bonds is 6. The summed E-state index contributed by atoms with van der Waals surface area (Å²) in [5.74, 6) is 0.695. The second-order valence-electron chi connectivity index (χ2n) is 3.50. The lowest BCUT2D eigenvalue weighted by Gasteiger charge is -2.10. The molecule has 16 heavy (non-hydrogen) atoms. The van der Waals surface area contributed by atoms with Gasteiger partial charge in [0.2, 0.25) is 0 Å². The maximum Gasteiger partial charge on any atom is 0.488 e. The Morgan fingerprint density at radius 1 is 1.31 bits per heavy atom. The summed E-state index contributed by atoms with van der Waals surface area (Å²) < 4.78 is 10.6. The zero-order chi connectivity index (χ0) is 12.0. The van der Waals surface area contributed by atoms with Crippen LogP contribution >= 0.6 is 0 Å². The molecule has 1 rings (SSSR count). The van der Waals surface area contributed by atoms with Crippen LogP contribution in [0.3, 0.4) is 0 Å².